The molecular weight excluding hydrogens is 396 g/mol. The van der Waals surface area contributed by atoms with Crippen molar-refractivity contribution in [1.82, 2.24) is 9.80 Å². The lowest BCUT2D eigenvalue weighted by Crippen LogP contribution is -2.42. The van der Waals surface area contributed by atoms with Crippen molar-refractivity contribution < 1.29 is 4.42 Å². The van der Waals surface area contributed by atoms with Crippen molar-refractivity contribution in [3.05, 3.63) is 59.7 Å². The maximum Gasteiger partial charge on any atom is 0.0947 e. The highest BCUT2D eigenvalue weighted by Gasteiger charge is 2.27. The number of anilines is 2. The van der Waals surface area contributed by atoms with Crippen LogP contribution in [0.1, 0.15) is 31.2 Å². The third-order valence-corrected chi connectivity index (χ3v) is 6.79. The first-order chi connectivity index (χ1) is 14.6. The lowest BCUT2D eigenvalue weighted by Gasteiger charge is -2.40. The summed E-state index contributed by atoms with van der Waals surface area (Å²) in [5, 5.41) is 7.69. The molecule has 162 valence electrons. The molecule has 5 nitrogen and oxygen atoms in total. The van der Waals surface area contributed by atoms with Crippen LogP contribution in [0.2, 0.25) is 5.02 Å². The fraction of sp³-hybridized carbons (Fsp3) is 0.500. The summed E-state index contributed by atoms with van der Waals surface area (Å²) in [6, 6.07) is 8.53. The van der Waals surface area contributed by atoms with Gasteiger partial charge in [-0.15, -0.1) is 0 Å². The fourth-order valence-corrected chi connectivity index (χ4v) is 4.88. The van der Waals surface area contributed by atoms with Gasteiger partial charge in [-0.25, -0.2) is 0 Å². The molecular formula is C24H33ClN4O. The highest BCUT2D eigenvalue weighted by atomic mass is 35.5. The smallest absolute Gasteiger partial charge is 0.0947 e. The van der Waals surface area contributed by atoms with E-state index < -0.39 is 0 Å². The van der Waals surface area contributed by atoms with Gasteiger partial charge in [-0.2, -0.15) is 0 Å². The van der Waals surface area contributed by atoms with E-state index in [1.54, 1.807) is 6.26 Å². The molecule has 2 saturated heterocycles. The highest BCUT2D eigenvalue weighted by molar-refractivity contribution is 6.31. The molecule has 0 amide bonds. The van der Waals surface area contributed by atoms with E-state index in [0.717, 1.165) is 62.0 Å². The van der Waals surface area contributed by atoms with Crippen molar-refractivity contribution in [2.75, 3.05) is 43.9 Å². The number of halogens is 1. The molecule has 0 atom stereocenters. The lowest BCUT2D eigenvalue weighted by molar-refractivity contribution is 0.162. The molecule has 0 radical (unpaired) electrons. The van der Waals surface area contributed by atoms with Crippen molar-refractivity contribution in [1.29, 1.82) is 0 Å². The van der Waals surface area contributed by atoms with Crippen molar-refractivity contribution in [2.24, 2.45) is 5.92 Å². The molecule has 1 aromatic heterocycles. The molecule has 2 fully saturated rings. The van der Waals surface area contributed by atoms with E-state index in [4.69, 9.17) is 16.0 Å². The summed E-state index contributed by atoms with van der Waals surface area (Å²) in [6.45, 7) is 9.91. The number of nitrogens with zero attached hydrogens (tertiary/aromatic N) is 2. The predicted octanol–water partition coefficient (Wildman–Crippen LogP) is 5.28. The van der Waals surface area contributed by atoms with Gasteiger partial charge < -0.3 is 20.0 Å². The van der Waals surface area contributed by atoms with Crippen LogP contribution in [0.3, 0.4) is 0 Å². The van der Waals surface area contributed by atoms with Gasteiger partial charge in [0.1, 0.15) is 0 Å². The van der Waals surface area contributed by atoms with E-state index in [1.165, 1.54) is 24.1 Å². The molecule has 30 heavy (non-hydrogen) atoms. The van der Waals surface area contributed by atoms with Crippen LogP contribution >= 0.6 is 11.6 Å². The zero-order valence-corrected chi connectivity index (χ0v) is 18.6. The number of allylic oxidation sites excluding steroid dienone is 1. The van der Waals surface area contributed by atoms with E-state index in [0.29, 0.717) is 12.0 Å². The van der Waals surface area contributed by atoms with Gasteiger partial charge in [0.15, 0.2) is 0 Å². The average Bonchev–Trinajstić information content (AvgIpc) is 3.28. The Labute approximate surface area is 185 Å². The fourth-order valence-electron chi connectivity index (χ4n) is 4.70. The molecule has 0 bridgehead atoms. The Hall–Kier alpha value is -2.11. The van der Waals surface area contributed by atoms with Crippen LogP contribution in [0.4, 0.5) is 11.4 Å². The zero-order valence-electron chi connectivity index (χ0n) is 17.9. The van der Waals surface area contributed by atoms with E-state index in [9.17, 15) is 0 Å². The summed E-state index contributed by atoms with van der Waals surface area (Å²) in [7, 11) is 1.93. The molecule has 6 heteroatoms. The topological polar surface area (TPSA) is 43.7 Å². The number of likely N-dealkylation sites (tertiary alicyclic amines) is 2. The Morgan fingerprint density at radius 1 is 1.10 bits per heavy atom. The number of rotatable bonds is 7. The van der Waals surface area contributed by atoms with E-state index >= 15 is 0 Å². The second kappa shape index (κ2) is 9.80. The first kappa shape index (κ1) is 21.1. The van der Waals surface area contributed by atoms with Crippen LogP contribution < -0.4 is 10.6 Å². The van der Waals surface area contributed by atoms with Gasteiger partial charge in [0, 0.05) is 54.9 Å². The molecule has 2 aromatic rings. The Balaban J connectivity index is 1.23. The van der Waals surface area contributed by atoms with Gasteiger partial charge in [0.05, 0.1) is 23.9 Å². The number of nitrogens with one attached hydrogen (secondary N) is 2. The standard InChI is InChI=1S/C24H33ClN4O/c1-18(20-5-10-28(11-6-20)16-19-9-14-30-17-19)29-12-7-22(8-13-29)27-23-4-3-21(25)15-24(23)26-2/h3-4,9,14-15,17,20,22,26-27H,1,5-8,10-13,16H2,2H3. The number of benzene rings is 1. The third-order valence-electron chi connectivity index (χ3n) is 6.56. The summed E-state index contributed by atoms with van der Waals surface area (Å²) >= 11 is 6.12. The van der Waals surface area contributed by atoms with Gasteiger partial charge in [-0.3, -0.25) is 4.90 Å². The monoisotopic (exact) mass is 428 g/mol. The maximum atomic E-state index is 6.12. The largest absolute Gasteiger partial charge is 0.472 e. The average molecular weight is 429 g/mol. The zero-order chi connectivity index (χ0) is 20.9. The molecule has 4 rings (SSSR count). The number of hydrogen-bond donors (Lipinski definition) is 2. The lowest BCUT2D eigenvalue weighted by atomic mass is 9.91. The van der Waals surface area contributed by atoms with Crippen LogP contribution in [-0.4, -0.2) is 49.1 Å². The van der Waals surface area contributed by atoms with Crippen LogP contribution in [0, 0.1) is 5.92 Å². The van der Waals surface area contributed by atoms with E-state index in [-0.39, 0.29) is 0 Å². The number of piperidine rings is 2. The number of furan rings is 1. The summed E-state index contributed by atoms with van der Waals surface area (Å²) in [4.78, 5) is 5.05. The van der Waals surface area contributed by atoms with Crippen molar-refractivity contribution >= 4 is 23.0 Å². The Bertz CT molecular complexity index is 822. The van der Waals surface area contributed by atoms with E-state index in [2.05, 4.69) is 39.1 Å². The predicted molar refractivity (Wildman–Crippen MR) is 125 cm³/mol. The molecule has 2 aliphatic heterocycles. The normalized spacial score (nSPS) is 19.1. The Kier molecular flexibility index (Phi) is 6.90. The second-order valence-corrected chi connectivity index (χ2v) is 8.96. The van der Waals surface area contributed by atoms with Crippen molar-refractivity contribution in [3.63, 3.8) is 0 Å². The van der Waals surface area contributed by atoms with Crippen LogP contribution in [0.5, 0.6) is 0 Å². The van der Waals surface area contributed by atoms with Crippen LogP contribution in [0.25, 0.3) is 0 Å². The minimum Gasteiger partial charge on any atom is -0.472 e. The maximum absolute atomic E-state index is 6.12. The molecule has 0 spiro atoms. The Morgan fingerprint density at radius 3 is 2.53 bits per heavy atom. The first-order valence-corrected chi connectivity index (χ1v) is 11.4. The SMILES string of the molecule is C=C(C1CCN(Cc2ccoc2)CC1)N1CCC(Nc2ccc(Cl)cc2NC)CC1. The summed E-state index contributed by atoms with van der Waals surface area (Å²) < 4.78 is 5.20. The minimum absolute atomic E-state index is 0.485. The van der Waals surface area contributed by atoms with Gasteiger partial charge >= 0.3 is 0 Å². The summed E-state index contributed by atoms with van der Waals surface area (Å²) in [5.74, 6) is 0.613. The molecule has 2 N–H and O–H groups in total. The van der Waals surface area contributed by atoms with Gasteiger partial charge in [0.25, 0.3) is 0 Å². The number of hydrogen-bond acceptors (Lipinski definition) is 5. The molecule has 1 aromatic carbocycles. The molecule has 0 saturated carbocycles. The highest BCUT2D eigenvalue weighted by Crippen LogP contribution is 2.31. The van der Waals surface area contributed by atoms with Crippen LogP contribution in [-0.2, 0) is 6.54 Å². The third kappa shape index (κ3) is 5.13. The Morgan fingerprint density at radius 2 is 1.87 bits per heavy atom. The minimum atomic E-state index is 0.485. The molecule has 2 aliphatic rings. The summed E-state index contributed by atoms with van der Waals surface area (Å²) in [5.41, 5.74) is 4.79. The first-order valence-electron chi connectivity index (χ1n) is 11.0. The van der Waals surface area contributed by atoms with Gasteiger partial charge in [0.2, 0.25) is 0 Å². The quantitative estimate of drug-likeness (QED) is 0.628. The van der Waals surface area contributed by atoms with E-state index in [1.807, 2.05) is 25.4 Å². The van der Waals surface area contributed by atoms with Crippen molar-refractivity contribution in [2.45, 2.75) is 38.3 Å². The second-order valence-electron chi connectivity index (χ2n) is 8.52. The molecule has 0 unspecified atom stereocenters. The van der Waals surface area contributed by atoms with Gasteiger partial charge in [-0.1, -0.05) is 18.2 Å². The molecule has 3 heterocycles. The summed E-state index contributed by atoms with van der Waals surface area (Å²) in [6.07, 6.45) is 8.27. The molecule has 0 aliphatic carbocycles. The van der Waals surface area contributed by atoms with Gasteiger partial charge in [-0.05, 0) is 63.0 Å². The van der Waals surface area contributed by atoms with Crippen LogP contribution in [0.15, 0.2) is 53.5 Å². The van der Waals surface area contributed by atoms with Crippen molar-refractivity contribution in [3.8, 4) is 0 Å².